The Hall–Kier alpha value is -1.76. The van der Waals surface area contributed by atoms with Crippen LogP contribution in [0.5, 0.6) is 0 Å². The summed E-state index contributed by atoms with van der Waals surface area (Å²) in [5, 5.41) is 5.68. The summed E-state index contributed by atoms with van der Waals surface area (Å²) >= 11 is 0. The Morgan fingerprint density at radius 2 is 1.86 bits per heavy atom. The minimum Gasteiger partial charge on any atom is -0.335 e. The van der Waals surface area contributed by atoms with Gasteiger partial charge >= 0.3 is 6.03 Å². The van der Waals surface area contributed by atoms with Crippen LogP contribution in [0.1, 0.15) is 32.8 Å². The zero-order valence-electron chi connectivity index (χ0n) is 13.5. The lowest BCUT2D eigenvalue weighted by molar-refractivity contribution is 0.232. The van der Waals surface area contributed by atoms with Crippen LogP contribution in [-0.2, 0) is 16.6 Å². The fraction of sp³-hybridized carbons (Fsp3) is 0.533. The molecule has 0 radical (unpaired) electrons. The van der Waals surface area contributed by atoms with Crippen molar-refractivity contribution in [1.29, 1.82) is 0 Å². The lowest BCUT2D eigenvalue weighted by Crippen LogP contribution is -2.43. The van der Waals surface area contributed by atoms with Gasteiger partial charge in [0.05, 0.1) is 11.9 Å². The van der Waals surface area contributed by atoms with Gasteiger partial charge < -0.3 is 10.6 Å². The minimum absolute atomic E-state index is 0.115. The molecule has 0 aromatic heterocycles. The third kappa shape index (κ3) is 6.34. The Balaban J connectivity index is 2.66. The molecule has 0 heterocycles. The molecule has 124 valence electrons. The first-order valence-corrected chi connectivity index (χ1v) is 9.22. The smallest absolute Gasteiger partial charge is 0.315 e. The first-order chi connectivity index (χ1) is 10.2. The molecule has 2 amide bonds. The van der Waals surface area contributed by atoms with E-state index < -0.39 is 10.0 Å². The SMILES string of the molecule is CCC(NC(=O)NCc1ccccc1NS(C)(=O)=O)C(C)C. The van der Waals surface area contributed by atoms with Gasteiger partial charge in [-0.25, -0.2) is 13.2 Å². The van der Waals surface area contributed by atoms with Gasteiger partial charge in [0.25, 0.3) is 0 Å². The molecule has 0 aliphatic carbocycles. The number of amides is 2. The summed E-state index contributed by atoms with van der Waals surface area (Å²) in [5.41, 5.74) is 1.18. The molecule has 6 nitrogen and oxygen atoms in total. The highest BCUT2D eigenvalue weighted by Crippen LogP contribution is 2.16. The molecule has 1 aromatic rings. The molecule has 1 rings (SSSR count). The number of carbonyl (C=O) groups is 1. The van der Waals surface area contributed by atoms with Crippen LogP contribution in [0.25, 0.3) is 0 Å². The number of hydrogen-bond donors (Lipinski definition) is 3. The summed E-state index contributed by atoms with van der Waals surface area (Å²) in [7, 11) is -3.35. The van der Waals surface area contributed by atoms with Crippen molar-refractivity contribution in [3.63, 3.8) is 0 Å². The van der Waals surface area contributed by atoms with Gasteiger partial charge in [0.2, 0.25) is 10.0 Å². The topological polar surface area (TPSA) is 87.3 Å². The lowest BCUT2D eigenvalue weighted by atomic mass is 10.0. The molecule has 1 unspecified atom stereocenters. The molecule has 0 aliphatic rings. The predicted molar refractivity (Wildman–Crippen MR) is 89.2 cm³/mol. The highest BCUT2D eigenvalue weighted by atomic mass is 32.2. The average Bonchev–Trinajstić information content (AvgIpc) is 2.41. The first kappa shape index (κ1) is 18.3. The number of hydrogen-bond acceptors (Lipinski definition) is 3. The summed E-state index contributed by atoms with van der Waals surface area (Å²) in [4.78, 5) is 11.9. The van der Waals surface area contributed by atoms with Crippen LogP contribution in [0.15, 0.2) is 24.3 Å². The molecule has 0 fully saturated rings. The van der Waals surface area contributed by atoms with Crippen LogP contribution in [0, 0.1) is 5.92 Å². The van der Waals surface area contributed by atoms with Crippen molar-refractivity contribution in [1.82, 2.24) is 10.6 Å². The molecular formula is C15H25N3O3S. The van der Waals surface area contributed by atoms with Gasteiger partial charge in [-0.05, 0) is 24.0 Å². The molecular weight excluding hydrogens is 302 g/mol. The molecule has 0 bridgehead atoms. The van der Waals surface area contributed by atoms with E-state index in [0.29, 0.717) is 17.2 Å². The van der Waals surface area contributed by atoms with Crippen molar-refractivity contribution in [3.8, 4) is 0 Å². The van der Waals surface area contributed by atoms with Crippen molar-refractivity contribution in [2.45, 2.75) is 39.8 Å². The van der Waals surface area contributed by atoms with E-state index in [1.54, 1.807) is 24.3 Å². The van der Waals surface area contributed by atoms with Crippen LogP contribution in [0.3, 0.4) is 0 Å². The van der Waals surface area contributed by atoms with E-state index in [2.05, 4.69) is 29.2 Å². The van der Waals surface area contributed by atoms with Crippen LogP contribution in [0.2, 0.25) is 0 Å². The molecule has 1 atom stereocenters. The van der Waals surface area contributed by atoms with Crippen LogP contribution in [0.4, 0.5) is 10.5 Å². The van der Waals surface area contributed by atoms with Crippen LogP contribution >= 0.6 is 0 Å². The second-order valence-corrected chi connectivity index (χ2v) is 7.37. The normalized spacial score (nSPS) is 12.8. The number of urea groups is 1. The molecule has 3 N–H and O–H groups in total. The van der Waals surface area contributed by atoms with Gasteiger partial charge in [-0.3, -0.25) is 4.72 Å². The molecule has 0 saturated carbocycles. The van der Waals surface area contributed by atoms with Gasteiger partial charge in [0.1, 0.15) is 0 Å². The molecule has 0 saturated heterocycles. The number of sulfonamides is 1. The van der Waals surface area contributed by atoms with E-state index in [1.807, 2.05) is 6.92 Å². The molecule has 1 aromatic carbocycles. The van der Waals surface area contributed by atoms with E-state index in [9.17, 15) is 13.2 Å². The molecule has 0 spiro atoms. The van der Waals surface area contributed by atoms with Crippen LogP contribution < -0.4 is 15.4 Å². The van der Waals surface area contributed by atoms with E-state index in [-0.39, 0.29) is 18.6 Å². The maximum atomic E-state index is 11.9. The van der Waals surface area contributed by atoms with Gasteiger partial charge in [-0.1, -0.05) is 39.0 Å². The maximum Gasteiger partial charge on any atom is 0.315 e. The summed E-state index contributed by atoms with van der Waals surface area (Å²) in [6.07, 6.45) is 1.95. The Labute approximate surface area is 132 Å². The second kappa shape index (κ2) is 8.03. The highest BCUT2D eigenvalue weighted by Gasteiger charge is 2.14. The number of para-hydroxylation sites is 1. The second-order valence-electron chi connectivity index (χ2n) is 5.62. The fourth-order valence-corrected chi connectivity index (χ4v) is 2.71. The van der Waals surface area contributed by atoms with Crippen LogP contribution in [-0.4, -0.2) is 26.7 Å². The van der Waals surface area contributed by atoms with Crippen molar-refractivity contribution in [3.05, 3.63) is 29.8 Å². The average molecular weight is 327 g/mol. The molecule has 0 aliphatic heterocycles. The van der Waals surface area contributed by atoms with Gasteiger partial charge in [0.15, 0.2) is 0 Å². The van der Waals surface area contributed by atoms with E-state index in [4.69, 9.17) is 0 Å². The number of rotatable bonds is 7. The Kier molecular flexibility index (Phi) is 6.67. The van der Waals surface area contributed by atoms with Gasteiger partial charge in [0, 0.05) is 12.6 Å². The summed E-state index contributed by atoms with van der Waals surface area (Å²) in [6, 6.07) is 6.83. The Morgan fingerprint density at radius 3 is 2.41 bits per heavy atom. The standard InChI is InChI=1S/C15H25N3O3S/c1-5-13(11(2)3)17-15(19)16-10-12-8-6-7-9-14(12)18-22(4,20)21/h6-9,11,13,18H,5,10H2,1-4H3,(H2,16,17,19). The quantitative estimate of drug-likeness (QED) is 0.718. The third-order valence-corrected chi connectivity index (χ3v) is 3.90. The monoisotopic (exact) mass is 327 g/mol. The summed E-state index contributed by atoms with van der Waals surface area (Å²) < 4.78 is 25.1. The third-order valence-electron chi connectivity index (χ3n) is 3.31. The van der Waals surface area contributed by atoms with Crippen molar-refractivity contribution in [2.75, 3.05) is 11.0 Å². The lowest BCUT2D eigenvalue weighted by Gasteiger charge is -2.21. The minimum atomic E-state index is -3.35. The number of anilines is 1. The predicted octanol–water partition coefficient (Wildman–Crippen LogP) is 2.29. The summed E-state index contributed by atoms with van der Waals surface area (Å²) in [6.45, 7) is 6.38. The Bertz CT molecular complexity index is 600. The maximum absolute atomic E-state index is 11.9. The van der Waals surface area contributed by atoms with Gasteiger partial charge in [-0.15, -0.1) is 0 Å². The van der Waals surface area contributed by atoms with E-state index >= 15 is 0 Å². The molecule has 7 heteroatoms. The number of nitrogens with one attached hydrogen (secondary N) is 3. The zero-order chi connectivity index (χ0) is 16.8. The largest absolute Gasteiger partial charge is 0.335 e. The van der Waals surface area contributed by atoms with E-state index in [1.165, 1.54) is 0 Å². The first-order valence-electron chi connectivity index (χ1n) is 7.33. The van der Waals surface area contributed by atoms with Crippen molar-refractivity contribution in [2.24, 2.45) is 5.92 Å². The number of benzene rings is 1. The highest BCUT2D eigenvalue weighted by molar-refractivity contribution is 7.92. The van der Waals surface area contributed by atoms with Crippen molar-refractivity contribution < 1.29 is 13.2 Å². The molecule has 22 heavy (non-hydrogen) atoms. The van der Waals surface area contributed by atoms with Crippen molar-refractivity contribution >= 4 is 21.7 Å². The zero-order valence-corrected chi connectivity index (χ0v) is 14.3. The van der Waals surface area contributed by atoms with Gasteiger partial charge in [-0.2, -0.15) is 0 Å². The Morgan fingerprint density at radius 1 is 1.23 bits per heavy atom. The van der Waals surface area contributed by atoms with E-state index in [0.717, 1.165) is 12.7 Å². The number of carbonyl (C=O) groups excluding carboxylic acids is 1. The summed E-state index contributed by atoms with van der Waals surface area (Å²) in [5.74, 6) is 0.356. The fourth-order valence-electron chi connectivity index (χ4n) is 2.11.